The van der Waals surface area contributed by atoms with E-state index in [0.29, 0.717) is 5.02 Å². The summed E-state index contributed by atoms with van der Waals surface area (Å²) in [7, 11) is 1.69. The first kappa shape index (κ1) is 17.6. The third kappa shape index (κ3) is 3.69. The fourth-order valence-electron chi connectivity index (χ4n) is 3.39. The van der Waals surface area contributed by atoms with Gasteiger partial charge in [-0.3, -0.25) is 0 Å². The van der Waals surface area contributed by atoms with Crippen molar-refractivity contribution < 1.29 is 4.74 Å². The van der Waals surface area contributed by atoms with E-state index in [1.165, 1.54) is 5.56 Å². The van der Waals surface area contributed by atoms with Gasteiger partial charge in [-0.25, -0.2) is 4.98 Å². The largest absolute Gasteiger partial charge is 0.497 e. The number of aryl methyl sites for hydroxylation is 2. The van der Waals surface area contributed by atoms with E-state index in [4.69, 9.17) is 21.3 Å². The lowest BCUT2D eigenvalue weighted by molar-refractivity contribution is 0.415. The van der Waals surface area contributed by atoms with Gasteiger partial charge in [0.1, 0.15) is 11.6 Å². The molecule has 0 saturated heterocycles. The topological polar surface area (TPSA) is 27.1 Å². The minimum Gasteiger partial charge on any atom is -0.497 e. The smallest absolute Gasteiger partial charge is 0.142 e. The average molecular weight is 377 g/mol. The number of ether oxygens (including phenoxy) is 1. The molecule has 4 aromatic rings. The molecule has 4 rings (SSSR count). The summed E-state index contributed by atoms with van der Waals surface area (Å²) in [6, 6.07) is 24.4. The van der Waals surface area contributed by atoms with Crippen molar-refractivity contribution in [2.45, 2.75) is 19.4 Å². The Bertz CT molecular complexity index is 1060. The molecule has 0 aliphatic heterocycles. The van der Waals surface area contributed by atoms with Crippen LogP contribution in [-0.4, -0.2) is 16.7 Å². The monoisotopic (exact) mass is 376 g/mol. The Morgan fingerprint density at radius 2 is 1.74 bits per heavy atom. The van der Waals surface area contributed by atoms with E-state index in [9.17, 15) is 0 Å². The number of methoxy groups -OCH3 is 1. The van der Waals surface area contributed by atoms with E-state index < -0.39 is 0 Å². The lowest BCUT2D eigenvalue weighted by atomic mass is 10.1. The number of fused-ring (bicyclic) bond motifs is 1. The molecule has 0 bridgehead atoms. The number of aromatic nitrogens is 2. The van der Waals surface area contributed by atoms with Crippen LogP contribution in [0.5, 0.6) is 5.75 Å². The van der Waals surface area contributed by atoms with Crippen molar-refractivity contribution in [3.63, 3.8) is 0 Å². The third-order valence-electron chi connectivity index (χ3n) is 4.76. The predicted octanol–water partition coefficient (Wildman–Crippen LogP) is 6.00. The highest BCUT2D eigenvalue weighted by Gasteiger charge is 2.15. The van der Waals surface area contributed by atoms with Crippen LogP contribution in [0.15, 0.2) is 72.8 Å². The predicted molar refractivity (Wildman–Crippen MR) is 111 cm³/mol. The zero-order valence-electron chi connectivity index (χ0n) is 15.2. The molecule has 27 heavy (non-hydrogen) atoms. The Kier molecular flexibility index (Phi) is 5.12. The molecule has 0 spiro atoms. The summed E-state index contributed by atoms with van der Waals surface area (Å²) in [5, 5.41) is 0.712. The van der Waals surface area contributed by atoms with Gasteiger partial charge >= 0.3 is 0 Å². The molecule has 0 saturated carbocycles. The second-order valence-electron chi connectivity index (χ2n) is 6.51. The molecule has 136 valence electrons. The van der Waals surface area contributed by atoms with E-state index in [1.807, 2.05) is 42.5 Å². The molecule has 0 unspecified atom stereocenters. The maximum atomic E-state index is 6.47. The quantitative estimate of drug-likeness (QED) is 0.412. The van der Waals surface area contributed by atoms with Crippen LogP contribution in [0.2, 0.25) is 5.02 Å². The van der Waals surface area contributed by atoms with Crippen LogP contribution >= 0.6 is 11.6 Å². The molecule has 0 N–H and O–H groups in total. The molecule has 0 amide bonds. The van der Waals surface area contributed by atoms with Crippen molar-refractivity contribution in [1.29, 1.82) is 0 Å². The number of hydrogen-bond acceptors (Lipinski definition) is 2. The first-order valence-corrected chi connectivity index (χ1v) is 9.47. The average Bonchev–Trinajstić information content (AvgIpc) is 3.06. The summed E-state index contributed by atoms with van der Waals surface area (Å²) in [6.07, 6.45) is 2.04. The van der Waals surface area contributed by atoms with Crippen LogP contribution in [0.1, 0.15) is 12.0 Å². The van der Waals surface area contributed by atoms with Crippen LogP contribution in [0.25, 0.3) is 22.4 Å². The highest BCUT2D eigenvalue weighted by Crippen LogP contribution is 2.32. The minimum atomic E-state index is 0.712. The SMILES string of the molecule is COc1ccc2nc(-c3ccccc3Cl)n(CCCc3ccccc3)c2c1. The van der Waals surface area contributed by atoms with Crippen LogP contribution in [0, 0.1) is 0 Å². The summed E-state index contributed by atoms with van der Waals surface area (Å²) in [6.45, 7) is 0.860. The molecule has 3 nitrogen and oxygen atoms in total. The van der Waals surface area contributed by atoms with Gasteiger partial charge in [-0.2, -0.15) is 0 Å². The number of benzene rings is 3. The van der Waals surface area contributed by atoms with E-state index in [1.54, 1.807) is 7.11 Å². The molecule has 0 radical (unpaired) electrons. The highest BCUT2D eigenvalue weighted by atomic mass is 35.5. The Morgan fingerprint density at radius 3 is 2.52 bits per heavy atom. The Labute approximate surface area is 164 Å². The second kappa shape index (κ2) is 7.85. The van der Waals surface area contributed by atoms with Gasteiger partial charge in [-0.1, -0.05) is 54.1 Å². The molecule has 0 atom stereocenters. The Balaban J connectivity index is 1.73. The molecular weight excluding hydrogens is 356 g/mol. The van der Waals surface area contributed by atoms with Gasteiger partial charge in [0.05, 0.1) is 23.2 Å². The molecule has 0 aliphatic rings. The molecule has 1 heterocycles. The Hall–Kier alpha value is -2.78. The second-order valence-corrected chi connectivity index (χ2v) is 6.92. The van der Waals surface area contributed by atoms with Gasteiger partial charge in [0.25, 0.3) is 0 Å². The van der Waals surface area contributed by atoms with E-state index in [2.05, 4.69) is 34.9 Å². The maximum absolute atomic E-state index is 6.47. The van der Waals surface area contributed by atoms with Crippen molar-refractivity contribution in [2.75, 3.05) is 7.11 Å². The fraction of sp³-hybridized carbons (Fsp3) is 0.174. The summed E-state index contributed by atoms with van der Waals surface area (Å²) in [4.78, 5) is 4.87. The van der Waals surface area contributed by atoms with Gasteiger partial charge in [0, 0.05) is 18.2 Å². The lowest BCUT2D eigenvalue weighted by Gasteiger charge is -2.11. The maximum Gasteiger partial charge on any atom is 0.142 e. The molecule has 4 heteroatoms. The normalized spacial score (nSPS) is 11.0. The summed E-state index contributed by atoms with van der Waals surface area (Å²) in [5.41, 5.74) is 4.32. The molecule has 0 fully saturated rings. The third-order valence-corrected chi connectivity index (χ3v) is 5.09. The van der Waals surface area contributed by atoms with Crippen LogP contribution in [-0.2, 0) is 13.0 Å². The van der Waals surface area contributed by atoms with Gasteiger partial charge in [-0.15, -0.1) is 0 Å². The summed E-state index contributed by atoms with van der Waals surface area (Å²) >= 11 is 6.47. The number of hydrogen-bond donors (Lipinski definition) is 0. The van der Waals surface area contributed by atoms with E-state index >= 15 is 0 Å². The first-order valence-electron chi connectivity index (χ1n) is 9.09. The van der Waals surface area contributed by atoms with Crippen molar-refractivity contribution in [3.8, 4) is 17.1 Å². The van der Waals surface area contributed by atoms with E-state index in [0.717, 1.165) is 47.6 Å². The van der Waals surface area contributed by atoms with Gasteiger partial charge < -0.3 is 9.30 Å². The standard InChI is InChI=1S/C23H21ClN2O/c1-27-18-13-14-21-22(16-18)26(15-7-10-17-8-3-2-4-9-17)23(25-21)19-11-5-6-12-20(19)24/h2-6,8-9,11-14,16H,7,10,15H2,1H3. The highest BCUT2D eigenvalue weighted by molar-refractivity contribution is 6.33. The van der Waals surface area contributed by atoms with Crippen molar-refractivity contribution >= 4 is 22.6 Å². The molecule has 1 aromatic heterocycles. The number of rotatable bonds is 6. The zero-order chi connectivity index (χ0) is 18.6. The van der Waals surface area contributed by atoms with Gasteiger partial charge in [0.2, 0.25) is 0 Å². The van der Waals surface area contributed by atoms with Crippen molar-refractivity contribution in [1.82, 2.24) is 9.55 Å². The number of imidazole rings is 1. The Morgan fingerprint density at radius 1 is 0.963 bits per heavy atom. The summed E-state index contributed by atoms with van der Waals surface area (Å²) < 4.78 is 7.67. The van der Waals surface area contributed by atoms with Gasteiger partial charge in [-0.05, 0) is 42.7 Å². The van der Waals surface area contributed by atoms with Crippen molar-refractivity contribution in [2.24, 2.45) is 0 Å². The van der Waals surface area contributed by atoms with Crippen LogP contribution < -0.4 is 4.74 Å². The number of nitrogens with zero attached hydrogens (tertiary/aromatic N) is 2. The van der Waals surface area contributed by atoms with Crippen molar-refractivity contribution in [3.05, 3.63) is 83.4 Å². The zero-order valence-corrected chi connectivity index (χ0v) is 16.0. The minimum absolute atomic E-state index is 0.712. The molecular formula is C23H21ClN2O. The summed E-state index contributed by atoms with van der Waals surface area (Å²) in [5.74, 6) is 1.73. The number of halogens is 1. The van der Waals surface area contributed by atoms with Crippen LogP contribution in [0.3, 0.4) is 0 Å². The fourth-order valence-corrected chi connectivity index (χ4v) is 3.61. The molecule has 0 aliphatic carbocycles. The van der Waals surface area contributed by atoms with E-state index in [-0.39, 0.29) is 0 Å². The van der Waals surface area contributed by atoms with Crippen LogP contribution in [0.4, 0.5) is 0 Å². The molecule has 3 aromatic carbocycles. The van der Waals surface area contributed by atoms with Gasteiger partial charge in [0.15, 0.2) is 0 Å². The first-order chi connectivity index (χ1) is 13.3. The lowest BCUT2D eigenvalue weighted by Crippen LogP contribution is -2.03.